The van der Waals surface area contributed by atoms with Crippen LogP contribution in [-0.2, 0) is 14.4 Å². The Morgan fingerprint density at radius 2 is 1.81 bits per heavy atom. The van der Waals surface area contributed by atoms with E-state index in [-0.39, 0.29) is 18.2 Å². The van der Waals surface area contributed by atoms with Gasteiger partial charge in [-0.05, 0) is 49.7 Å². The van der Waals surface area contributed by atoms with Crippen molar-refractivity contribution in [3.63, 3.8) is 0 Å². The largest absolute Gasteiger partial charge is 0.478 e. The van der Waals surface area contributed by atoms with Crippen molar-refractivity contribution >= 4 is 29.3 Å². The van der Waals surface area contributed by atoms with Gasteiger partial charge in [-0.2, -0.15) is 0 Å². The normalized spacial score (nSPS) is 13.9. The Labute approximate surface area is 183 Å². The summed E-state index contributed by atoms with van der Waals surface area (Å²) in [5.41, 5.74) is 5.35. The summed E-state index contributed by atoms with van der Waals surface area (Å²) in [7, 11) is 0. The molecule has 1 heterocycles. The average Bonchev–Trinajstić information content (AvgIpc) is 3.23. The van der Waals surface area contributed by atoms with Gasteiger partial charge < -0.3 is 15.0 Å². The fourth-order valence-corrected chi connectivity index (χ4v) is 3.04. The molecule has 1 fully saturated rings. The van der Waals surface area contributed by atoms with Gasteiger partial charge in [0.25, 0.3) is 17.7 Å². The standard InChI is InChI=1S/C22H23FN4O5/c1-14(32-18-6-3-2-5-17(18)23)21(30)26-25-19(28)13-24-22(31)15-8-10-16(11-9-15)27-12-4-7-20(27)29/h2-3,5-6,8-11,14H,4,7,12-13H2,1H3,(H,24,31)(H,25,28)(H,26,30). The summed E-state index contributed by atoms with van der Waals surface area (Å²) in [6.07, 6.45) is 0.255. The number of rotatable bonds is 7. The van der Waals surface area contributed by atoms with Crippen LogP contribution in [0.2, 0.25) is 0 Å². The van der Waals surface area contributed by atoms with Crippen LogP contribution in [0.15, 0.2) is 48.5 Å². The molecule has 2 aromatic rings. The minimum Gasteiger partial charge on any atom is -0.478 e. The summed E-state index contributed by atoms with van der Waals surface area (Å²) < 4.78 is 18.8. The summed E-state index contributed by atoms with van der Waals surface area (Å²) in [5, 5.41) is 2.43. The Bertz CT molecular complexity index is 1010. The Morgan fingerprint density at radius 3 is 2.47 bits per heavy atom. The van der Waals surface area contributed by atoms with E-state index in [1.54, 1.807) is 35.2 Å². The smallest absolute Gasteiger partial charge is 0.279 e. The molecule has 0 aromatic heterocycles. The lowest BCUT2D eigenvalue weighted by Gasteiger charge is -2.16. The van der Waals surface area contributed by atoms with Crippen molar-refractivity contribution in [3.05, 3.63) is 59.9 Å². The number of hydrogen-bond acceptors (Lipinski definition) is 5. The predicted octanol–water partition coefficient (Wildman–Crippen LogP) is 1.30. The Hall–Kier alpha value is -3.95. The molecule has 32 heavy (non-hydrogen) atoms. The highest BCUT2D eigenvalue weighted by Crippen LogP contribution is 2.21. The Balaban J connectivity index is 1.41. The highest BCUT2D eigenvalue weighted by atomic mass is 19.1. The first-order valence-corrected chi connectivity index (χ1v) is 10.0. The molecule has 1 atom stereocenters. The molecular weight excluding hydrogens is 419 g/mol. The number of nitrogens with zero attached hydrogens (tertiary/aromatic N) is 1. The zero-order valence-corrected chi connectivity index (χ0v) is 17.4. The third-order valence-corrected chi connectivity index (χ3v) is 4.76. The first-order chi connectivity index (χ1) is 15.3. The third kappa shape index (κ3) is 5.81. The van der Waals surface area contributed by atoms with E-state index in [9.17, 15) is 23.6 Å². The lowest BCUT2D eigenvalue weighted by Crippen LogP contribution is -2.50. The van der Waals surface area contributed by atoms with Gasteiger partial charge >= 0.3 is 0 Å². The maximum absolute atomic E-state index is 13.6. The van der Waals surface area contributed by atoms with E-state index < -0.39 is 29.6 Å². The molecule has 4 amide bonds. The van der Waals surface area contributed by atoms with Gasteiger partial charge in [0.15, 0.2) is 17.7 Å². The van der Waals surface area contributed by atoms with Crippen LogP contribution in [0.4, 0.5) is 10.1 Å². The molecule has 3 rings (SSSR count). The fraction of sp³-hybridized carbons (Fsp3) is 0.273. The summed E-state index contributed by atoms with van der Waals surface area (Å²) in [5.74, 6) is -2.49. The van der Waals surface area contributed by atoms with E-state index in [0.717, 1.165) is 12.1 Å². The van der Waals surface area contributed by atoms with Gasteiger partial charge in [0.05, 0.1) is 6.54 Å². The number of amides is 4. The second-order valence-electron chi connectivity index (χ2n) is 7.11. The molecule has 10 heteroatoms. The Kier molecular flexibility index (Phi) is 7.37. The molecule has 2 aromatic carbocycles. The van der Waals surface area contributed by atoms with Gasteiger partial charge in [-0.25, -0.2) is 4.39 Å². The lowest BCUT2D eigenvalue weighted by atomic mass is 10.2. The number of anilines is 1. The average molecular weight is 442 g/mol. The fourth-order valence-electron chi connectivity index (χ4n) is 3.04. The molecule has 1 unspecified atom stereocenters. The topological polar surface area (TPSA) is 117 Å². The van der Waals surface area contributed by atoms with Gasteiger partial charge in [0.2, 0.25) is 5.91 Å². The molecule has 3 N–H and O–H groups in total. The monoisotopic (exact) mass is 442 g/mol. The van der Waals surface area contributed by atoms with Crippen LogP contribution in [0.5, 0.6) is 5.75 Å². The number of halogens is 1. The molecule has 0 aliphatic carbocycles. The van der Waals surface area contributed by atoms with E-state index in [2.05, 4.69) is 16.2 Å². The van der Waals surface area contributed by atoms with Crippen molar-refractivity contribution in [1.29, 1.82) is 0 Å². The molecule has 0 bridgehead atoms. The molecule has 0 radical (unpaired) electrons. The molecular formula is C22H23FN4O5. The molecule has 1 aliphatic rings. The zero-order valence-electron chi connectivity index (χ0n) is 17.4. The molecule has 1 aliphatic heterocycles. The number of hydrogen-bond donors (Lipinski definition) is 3. The van der Waals surface area contributed by atoms with Crippen LogP contribution in [0.3, 0.4) is 0 Å². The number of nitrogens with one attached hydrogen (secondary N) is 3. The van der Waals surface area contributed by atoms with Crippen molar-refractivity contribution in [2.75, 3.05) is 18.0 Å². The van der Waals surface area contributed by atoms with Crippen molar-refractivity contribution in [2.24, 2.45) is 0 Å². The van der Waals surface area contributed by atoms with Crippen molar-refractivity contribution in [2.45, 2.75) is 25.9 Å². The number of para-hydroxylation sites is 1. The van der Waals surface area contributed by atoms with Gasteiger partial charge in [-0.3, -0.25) is 30.0 Å². The summed E-state index contributed by atoms with van der Waals surface area (Å²) in [6.45, 7) is 1.67. The summed E-state index contributed by atoms with van der Waals surface area (Å²) >= 11 is 0. The van der Waals surface area contributed by atoms with Crippen LogP contribution in [0, 0.1) is 5.82 Å². The van der Waals surface area contributed by atoms with Crippen LogP contribution >= 0.6 is 0 Å². The maximum atomic E-state index is 13.6. The first-order valence-electron chi connectivity index (χ1n) is 10.0. The Morgan fingerprint density at radius 1 is 1.09 bits per heavy atom. The molecule has 9 nitrogen and oxygen atoms in total. The molecule has 0 saturated carbocycles. The van der Waals surface area contributed by atoms with Gasteiger partial charge in [-0.1, -0.05) is 12.1 Å². The van der Waals surface area contributed by atoms with Crippen LogP contribution in [0.25, 0.3) is 0 Å². The number of ether oxygens (including phenoxy) is 1. The number of benzene rings is 2. The van der Waals surface area contributed by atoms with E-state index in [1.807, 2.05) is 0 Å². The number of hydrazine groups is 1. The quantitative estimate of drug-likeness (QED) is 0.559. The second kappa shape index (κ2) is 10.4. The summed E-state index contributed by atoms with van der Waals surface area (Å²) in [6, 6.07) is 12.1. The zero-order chi connectivity index (χ0) is 23.1. The molecule has 1 saturated heterocycles. The predicted molar refractivity (Wildman–Crippen MR) is 113 cm³/mol. The van der Waals surface area contributed by atoms with Crippen molar-refractivity contribution in [3.8, 4) is 5.75 Å². The van der Waals surface area contributed by atoms with E-state index >= 15 is 0 Å². The van der Waals surface area contributed by atoms with Crippen LogP contribution < -0.4 is 25.8 Å². The maximum Gasteiger partial charge on any atom is 0.279 e. The SMILES string of the molecule is CC(Oc1ccccc1F)C(=O)NNC(=O)CNC(=O)c1ccc(N2CCCC2=O)cc1. The third-order valence-electron chi connectivity index (χ3n) is 4.76. The highest BCUT2D eigenvalue weighted by Gasteiger charge is 2.22. The lowest BCUT2D eigenvalue weighted by molar-refractivity contribution is -0.132. The number of carbonyl (C=O) groups is 4. The van der Waals surface area contributed by atoms with Gasteiger partial charge in [0, 0.05) is 24.2 Å². The van der Waals surface area contributed by atoms with Gasteiger partial charge in [-0.15, -0.1) is 0 Å². The van der Waals surface area contributed by atoms with Crippen LogP contribution in [-0.4, -0.2) is 42.8 Å². The molecule has 168 valence electrons. The van der Waals surface area contributed by atoms with Crippen LogP contribution in [0.1, 0.15) is 30.1 Å². The number of carbonyl (C=O) groups excluding carboxylic acids is 4. The first kappa shape index (κ1) is 22.7. The van der Waals surface area contributed by atoms with Crippen molar-refractivity contribution in [1.82, 2.24) is 16.2 Å². The second-order valence-corrected chi connectivity index (χ2v) is 7.11. The highest BCUT2D eigenvalue weighted by molar-refractivity contribution is 5.98. The van der Waals surface area contributed by atoms with E-state index in [0.29, 0.717) is 18.5 Å². The molecule has 0 spiro atoms. The van der Waals surface area contributed by atoms with Crippen molar-refractivity contribution < 1.29 is 28.3 Å². The minimum atomic E-state index is -1.07. The van der Waals surface area contributed by atoms with E-state index in [4.69, 9.17) is 4.74 Å². The van der Waals surface area contributed by atoms with Gasteiger partial charge in [0.1, 0.15) is 0 Å². The van der Waals surface area contributed by atoms with E-state index in [1.165, 1.54) is 25.1 Å². The minimum absolute atomic E-state index is 0.0505. The summed E-state index contributed by atoms with van der Waals surface area (Å²) in [4.78, 5) is 49.5.